The topological polar surface area (TPSA) is 189 Å². The number of hydrogen-bond acceptors (Lipinski definition) is 8. The minimum Gasteiger partial charge on any atom is -0.480 e. The van der Waals surface area contributed by atoms with Crippen molar-refractivity contribution in [2.75, 3.05) is 12.3 Å². The third-order valence-electron chi connectivity index (χ3n) is 4.87. The number of benzene rings is 1. The van der Waals surface area contributed by atoms with E-state index in [1.165, 1.54) is 18.2 Å². The third kappa shape index (κ3) is 6.59. The lowest BCUT2D eigenvalue weighted by atomic mass is 10.1. The first-order valence-corrected chi connectivity index (χ1v) is 12.3. The quantitative estimate of drug-likeness (QED) is 0.286. The number of nitrogen functional groups attached to an aromatic ring is 1. The van der Waals surface area contributed by atoms with Gasteiger partial charge in [-0.3, -0.25) is 9.59 Å². The summed E-state index contributed by atoms with van der Waals surface area (Å²) in [6, 6.07) is 2.38. The van der Waals surface area contributed by atoms with E-state index in [4.69, 9.17) is 33.8 Å². The van der Waals surface area contributed by atoms with Crippen LogP contribution >= 0.6 is 23.2 Å². The predicted molar refractivity (Wildman–Crippen MR) is 124 cm³/mol. The zero-order valence-electron chi connectivity index (χ0n) is 17.6. The number of H-pyrrole nitrogens is 1. The molecule has 0 spiro atoms. The van der Waals surface area contributed by atoms with Gasteiger partial charge in [0.2, 0.25) is 10.0 Å². The first-order chi connectivity index (χ1) is 16.1. The molecule has 12 nitrogen and oxygen atoms in total. The third-order valence-corrected chi connectivity index (χ3v) is 7.29. The highest BCUT2D eigenvalue weighted by Crippen LogP contribution is 2.28. The Bertz CT molecular complexity index is 1180. The molecular formula is C19H22Cl2N6O6S. The molecule has 1 aliphatic rings. The minimum atomic E-state index is -4.39. The molecule has 6 N–H and O–H groups in total. The fraction of sp³-hybridized carbons (Fsp3) is 0.368. The molecule has 2 aromatic rings. The van der Waals surface area contributed by atoms with Crippen molar-refractivity contribution in [3.05, 3.63) is 40.1 Å². The van der Waals surface area contributed by atoms with Gasteiger partial charge in [-0.15, -0.1) is 0 Å². The molecule has 0 radical (unpaired) electrons. The lowest BCUT2D eigenvalue weighted by molar-refractivity contribution is -0.138. The molecule has 1 aromatic carbocycles. The SMILES string of the molecule is Nc1ncc(CCCC2CC(C(=O)NCC(NS(=O)(=O)c3c(Cl)cccc3Cl)C(=O)O)=NO2)[nH]1. The summed E-state index contributed by atoms with van der Waals surface area (Å²) in [4.78, 5) is 35.6. The van der Waals surface area contributed by atoms with Crippen LogP contribution in [0.2, 0.25) is 10.0 Å². The number of anilines is 1. The number of nitrogens with one attached hydrogen (secondary N) is 3. The number of sulfonamides is 1. The number of aliphatic carboxylic acids is 1. The molecule has 0 aliphatic carbocycles. The smallest absolute Gasteiger partial charge is 0.323 e. The number of nitrogens with zero attached hydrogens (tertiary/aromatic N) is 2. The van der Waals surface area contributed by atoms with Gasteiger partial charge >= 0.3 is 5.97 Å². The summed E-state index contributed by atoms with van der Waals surface area (Å²) in [7, 11) is -4.39. The summed E-state index contributed by atoms with van der Waals surface area (Å²) in [5.41, 5.74) is 6.49. The van der Waals surface area contributed by atoms with E-state index in [-0.39, 0.29) is 28.3 Å². The Labute approximate surface area is 204 Å². The number of carbonyl (C=O) groups is 2. The number of nitrogens with two attached hydrogens (primary N) is 1. The molecule has 184 valence electrons. The fourth-order valence-corrected chi connectivity index (χ4v) is 5.54. The maximum absolute atomic E-state index is 12.6. The average Bonchev–Trinajstić information content (AvgIpc) is 3.39. The van der Waals surface area contributed by atoms with E-state index >= 15 is 0 Å². The monoisotopic (exact) mass is 532 g/mol. The number of carbonyl (C=O) groups excluding carboxylic acids is 1. The lowest BCUT2D eigenvalue weighted by Gasteiger charge is -2.16. The number of amides is 1. The summed E-state index contributed by atoms with van der Waals surface area (Å²) in [6.07, 6.45) is 3.63. The Balaban J connectivity index is 1.50. The van der Waals surface area contributed by atoms with Crippen LogP contribution in [-0.2, 0) is 30.9 Å². The van der Waals surface area contributed by atoms with Crippen LogP contribution in [0.25, 0.3) is 0 Å². The fourth-order valence-electron chi connectivity index (χ4n) is 3.20. The molecule has 15 heteroatoms. The van der Waals surface area contributed by atoms with E-state index < -0.39 is 39.4 Å². The second-order valence-electron chi connectivity index (χ2n) is 7.43. The highest BCUT2D eigenvalue weighted by molar-refractivity contribution is 7.89. The molecule has 0 fully saturated rings. The molecule has 0 bridgehead atoms. The number of halogens is 2. The van der Waals surface area contributed by atoms with Crippen LogP contribution in [0.1, 0.15) is 25.0 Å². The van der Waals surface area contributed by atoms with Gasteiger partial charge in [-0.05, 0) is 31.4 Å². The van der Waals surface area contributed by atoms with Crippen LogP contribution in [-0.4, -0.2) is 59.8 Å². The van der Waals surface area contributed by atoms with Crippen molar-refractivity contribution in [3.63, 3.8) is 0 Å². The highest BCUT2D eigenvalue weighted by Gasteiger charge is 2.31. The normalized spacial score (nSPS) is 16.5. The molecule has 1 amide bonds. The molecule has 2 heterocycles. The molecule has 0 saturated carbocycles. The van der Waals surface area contributed by atoms with E-state index in [1.54, 1.807) is 6.20 Å². The van der Waals surface area contributed by atoms with Crippen LogP contribution in [0.3, 0.4) is 0 Å². The van der Waals surface area contributed by atoms with Crippen molar-refractivity contribution in [2.24, 2.45) is 5.16 Å². The largest absolute Gasteiger partial charge is 0.480 e. The van der Waals surface area contributed by atoms with Gasteiger partial charge in [0.25, 0.3) is 5.91 Å². The number of imidazole rings is 1. The number of aromatic nitrogens is 2. The van der Waals surface area contributed by atoms with Crippen molar-refractivity contribution in [3.8, 4) is 0 Å². The summed E-state index contributed by atoms with van der Waals surface area (Å²) in [5.74, 6) is -1.83. The minimum absolute atomic E-state index is 0.0805. The zero-order chi connectivity index (χ0) is 24.9. The number of carboxylic acid groups (broad SMARTS) is 1. The van der Waals surface area contributed by atoms with Gasteiger partial charge in [-0.2, -0.15) is 4.72 Å². The van der Waals surface area contributed by atoms with Crippen LogP contribution in [0.15, 0.2) is 34.4 Å². The number of aromatic amines is 1. The van der Waals surface area contributed by atoms with Gasteiger partial charge in [0.15, 0.2) is 5.95 Å². The van der Waals surface area contributed by atoms with Crippen molar-refractivity contribution in [1.82, 2.24) is 20.0 Å². The Morgan fingerprint density at radius 3 is 2.65 bits per heavy atom. The van der Waals surface area contributed by atoms with E-state index in [2.05, 4.69) is 20.4 Å². The Kier molecular flexibility index (Phi) is 8.36. The standard InChI is InChI=1S/C19H22Cl2N6O6S/c20-12-5-2-6-13(21)16(12)34(31,32)27-15(18(29)30)9-23-17(28)14-7-11(33-26-14)4-1-3-10-8-24-19(22)25-10/h2,5-6,8,11,15,27H,1,3-4,7,9H2,(H,23,28)(H,29,30)(H3,22,24,25). The van der Waals surface area contributed by atoms with Crippen LogP contribution < -0.4 is 15.8 Å². The zero-order valence-corrected chi connectivity index (χ0v) is 20.0. The predicted octanol–water partition coefficient (Wildman–Crippen LogP) is 1.31. The van der Waals surface area contributed by atoms with Gasteiger partial charge < -0.3 is 26.0 Å². The molecule has 0 saturated heterocycles. The first kappa shape index (κ1) is 25.7. The van der Waals surface area contributed by atoms with Crippen molar-refractivity contribution in [2.45, 2.75) is 42.7 Å². The molecule has 1 aromatic heterocycles. The second kappa shape index (κ2) is 11.0. The molecule has 2 unspecified atom stereocenters. The van der Waals surface area contributed by atoms with Gasteiger partial charge in [-0.1, -0.05) is 34.4 Å². The van der Waals surface area contributed by atoms with E-state index in [0.29, 0.717) is 18.8 Å². The van der Waals surface area contributed by atoms with E-state index in [1.807, 2.05) is 4.72 Å². The van der Waals surface area contributed by atoms with Gasteiger partial charge in [0, 0.05) is 18.7 Å². The summed E-state index contributed by atoms with van der Waals surface area (Å²) in [6.45, 7) is -0.541. The maximum atomic E-state index is 12.6. The molecule has 2 atom stereocenters. The van der Waals surface area contributed by atoms with Crippen LogP contribution in [0.4, 0.5) is 5.95 Å². The van der Waals surface area contributed by atoms with Crippen LogP contribution in [0.5, 0.6) is 0 Å². The second-order valence-corrected chi connectivity index (χ2v) is 9.89. The molecule has 3 rings (SSSR count). The summed E-state index contributed by atoms with van der Waals surface area (Å²) < 4.78 is 27.2. The van der Waals surface area contributed by atoms with Gasteiger partial charge in [0.1, 0.15) is 22.8 Å². The number of carboxylic acids is 1. The number of rotatable bonds is 11. The Morgan fingerprint density at radius 2 is 2.03 bits per heavy atom. The maximum Gasteiger partial charge on any atom is 0.323 e. The van der Waals surface area contributed by atoms with E-state index in [0.717, 1.165) is 12.1 Å². The molecule has 34 heavy (non-hydrogen) atoms. The van der Waals surface area contributed by atoms with Crippen molar-refractivity contribution < 1.29 is 28.0 Å². The van der Waals surface area contributed by atoms with Crippen LogP contribution in [0, 0.1) is 0 Å². The first-order valence-electron chi connectivity index (χ1n) is 10.1. The van der Waals surface area contributed by atoms with E-state index in [9.17, 15) is 23.1 Å². The van der Waals surface area contributed by atoms with Gasteiger partial charge in [-0.25, -0.2) is 13.4 Å². The lowest BCUT2D eigenvalue weighted by Crippen LogP contribution is -2.49. The molecule has 1 aliphatic heterocycles. The number of aryl methyl sites for hydroxylation is 1. The average molecular weight is 533 g/mol. The highest BCUT2D eigenvalue weighted by atomic mass is 35.5. The van der Waals surface area contributed by atoms with Crippen molar-refractivity contribution in [1.29, 1.82) is 0 Å². The number of oxime groups is 1. The summed E-state index contributed by atoms with van der Waals surface area (Å²) >= 11 is 11.8. The molecular weight excluding hydrogens is 511 g/mol. The van der Waals surface area contributed by atoms with Gasteiger partial charge in [0.05, 0.1) is 16.2 Å². The Hall–Kier alpha value is -2.87. The van der Waals surface area contributed by atoms with Crippen molar-refractivity contribution >= 4 is 56.8 Å². The summed E-state index contributed by atoms with van der Waals surface area (Å²) in [5, 5.41) is 15.2. The number of hydrogen-bond donors (Lipinski definition) is 5. The Morgan fingerprint density at radius 1 is 1.32 bits per heavy atom.